The average molecular weight is 249 g/mol. The number of thiophene rings is 1. The third kappa shape index (κ3) is 2.22. The van der Waals surface area contributed by atoms with E-state index in [-0.39, 0.29) is 0 Å². The van der Waals surface area contributed by atoms with Gasteiger partial charge in [0.05, 0.1) is 5.69 Å². The monoisotopic (exact) mass is 249 g/mol. The van der Waals surface area contributed by atoms with Crippen LogP contribution in [0.15, 0.2) is 10.8 Å². The maximum absolute atomic E-state index is 6.11. The third-order valence-corrected chi connectivity index (χ3v) is 3.78. The Hall–Kier alpha value is -1.29. The van der Waals surface area contributed by atoms with Crippen molar-refractivity contribution in [1.29, 1.82) is 0 Å². The van der Waals surface area contributed by atoms with Gasteiger partial charge < -0.3 is 5.73 Å². The van der Waals surface area contributed by atoms with Crippen LogP contribution < -0.4 is 5.73 Å². The molecule has 92 valence electrons. The van der Waals surface area contributed by atoms with Crippen molar-refractivity contribution in [3.8, 4) is 11.3 Å². The third-order valence-electron chi connectivity index (χ3n) is 2.92. The van der Waals surface area contributed by atoms with E-state index in [0.29, 0.717) is 5.92 Å². The van der Waals surface area contributed by atoms with Crippen LogP contribution in [-0.4, -0.2) is 9.78 Å². The van der Waals surface area contributed by atoms with Gasteiger partial charge in [0.25, 0.3) is 0 Å². The van der Waals surface area contributed by atoms with Gasteiger partial charge in [0, 0.05) is 23.6 Å². The average Bonchev–Trinajstić information content (AvgIpc) is 2.77. The number of hydrogen-bond acceptors (Lipinski definition) is 3. The van der Waals surface area contributed by atoms with E-state index in [9.17, 15) is 0 Å². The highest BCUT2D eigenvalue weighted by molar-refractivity contribution is 7.08. The van der Waals surface area contributed by atoms with E-state index < -0.39 is 0 Å². The van der Waals surface area contributed by atoms with Crippen molar-refractivity contribution >= 4 is 17.2 Å². The minimum Gasteiger partial charge on any atom is -0.384 e. The first-order valence-corrected chi connectivity index (χ1v) is 6.79. The van der Waals surface area contributed by atoms with Crippen molar-refractivity contribution in [2.75, 3.05) is 5.73 Å². The van der Waals surface area contributed by atoms with E-state index in [1.165, 1.54) is 16.7 Å². The second-order valence-electron chi connectivity index (χ2n) is 4.90. The van der Waals surface area contributed by atoms with Gasteiger partial charge in [-0.3, -0.25) is 4.68 Å². The summed E-state index contributed by atoms with van der Waals surface area (Å²) in [6, 6.07) is 0. The Balaban J connectivity index is 2.54. The topological polar surface area (TPSA) is 43.8 Å². The summed E-state index contributed by atoms with van der Waals surface area (Å²) in [5.41, 5.74) is 10.8. The molecule has 2 aromatic rings. The summed E-state index contributed by atoms with van der Waals surface area (Å²) in [5.74, 6) is 1.37. The second kappa shape index (κ2) is 4.53. The van der Waals surface area contributed by atoms with E-state index in [4.69, 9.17) is 5.73 Å². The van der Waals surface area contributed by atoms with Crippen molar-refractivity contribution in [3.63, 3.8) is 0 Å². The highest BCUT2D eigenvalue weighted by Crippen LogP contribution is 2.32. The zero-order valence-corrected chi connectivity index (χ0v) is 11.6. The molecule has 0 aliphatic heterocycles. The van der Waals surface area contributed by atoms with E-state index >= 15 is 0 Å². The van der Waals surface area contributed by atoms with Crippen LogP contribution in [0.25, 0.3) is 11.3 Å². The van der Waals surface area contributed by atoms with E-state index in [1.54, 1.807) is 16.0 Å². The van der Waals surface area contributed by atoms with Crippen LogP contribution in [0.2, 0.25) is 0 Å². The number of nitrogens with zero attached hydrogens (tertiary/aromatic N) is 2. The van der Waals surface area contributed by atoms with Gasteiger partial charge in [0.2, 0.25) is 0 Å². The molecule has 0 amide bonds. The van der Waals surface area contributed by atoms with Gasteiger partial charge in [-0.1, -0.05) is 13.8 Å². The Morgan fingerprint density at radius 1 is 1.41 bits per heavy atom. The van der Waals surface area contributed by atoms with Crippen molar-refractivity contribution in [2.24, 2.45) is 13.0 Å². The standard InChI is InChI=1S/C13H19N3S/c1-8(2)5-10-12(15-16(4)13(10)14)11-7-17-6-9(11)3/h6-8H,5,14H2,1-4H3. The highest BCUT2D eigenvalue weighted by Gasteiger charge is 2.18. The zero-order chi connectivity index (χ0) is 12.6. The summed E-state index contributed by atoms with van der Waals surface area (Å²) in [6.07, 6.45) is 0.976. The molecule has 0 aliphatic rings. The van der Waals surface area contributed by atoms with E-state index in [0.717, 1.165) is 17.9 Å². The van der Waals surface area contributed by atoms with Crippen molar-refractivity contribution in [1.82, 2.24) is 9.78 Å². The summed E-state index contributed by atoms with van der Waals surface area (Å²) in [7, 11) is 1.91. The van der Waals surface area contributed by atoms with Crippen LogP contribution in [0.1, 0.15) is 25.0 Å². The molecule has 0 bridgehead atoms. The van der Waals surface area contributed by atoms with Gasteiger partial charge in [0.1, 0.15) is 5.82 Å². The minimum absolute atomic E-state index is 0.583. The molecule has 2 N–H and O–H groups in total. The number of aromatic nitrogens is 2. The molecule has 0 fully saturated rings. The fourth-order valence-corrected chi connectivity index (χ4v) is 2.84. The summed E-state index contributed by atoms with van der Waals surface area (Å²) < 4.78 is 1.78. The fraction of sp³-hybridized carbons (Fsp3) is 0.462. The number of nitrogens with two attached hydrogens (primary N) is 1. The van der Waals surface area contributed by atoms with Crippen LogP contribution >= 0.6 is 11.3 Å². The normalized spacial score (nSPS) is 11.4. The molecule has 3 nitrogen and oxygen atoms in total. The Labute approximate surface area is 106 Å². The molecule has 4 heteroatoms. The molecule has 0 aromatic carbocycles. The second-order valence-corrected chi connectivity index (χ2v) is 5.65. The minimum atomic E-state index is 0.583. The van der Waals surface area contributed by atoms with Gasteiger partial charge >= 0.3 is 0 Å². The summed E-state index contributed by atoms with van der Waals surface area (Å²) in [4.78, 5) is 0. The Morgan fingerprint density at radius 2 is 2.12 bits per heavy atom. The molecule has 2 heterocycles. The Kier molecular flexibility index (Phi) is 3.24. The molecular formula is C13H19N3S. The number of anilines is 1. The van der Waals surface area contributed by atoms with E-state index in [1.807, 2.05) is 7.05 Å². The maximum Gasteiger partial charge on any atom is 0.125 e. The summed E-state index contributed by atoms with van der Waals surface area (Å²) >= 11 is 1.71. The quantitative estimate of drug-likeness (QED) is 0.907. The number of hydrogen-bond donors (Lipinski definition) is 1. The number of nitrogen functional groups attached to an aromatic ring is 1. The Morgan fingerprint density at radius 3 is 2.65 bits per heavy atom. The van der Waals surface area contributed by atoms with Crippen LogP contribution in [0.3, 0.4) is 0 Å². The largest absolute Gasteiger partial charge is 0.384 e. The van der Waals surface area contributed by atoms with Gasteiger partial charge in [-0.2, -0.15) is 16.4 Å². The molecule has 0 radical (unpaired) electrons. The fourth-order valence-electron chi connectivity index (χ4n) is 2.01. The Bertz CT molecular complexity index is 523. The molecule has 0 unspecified atom stereocenters. The zero-order valence-electron chi connectivity index (χ0n) is 10.8. The van der Waals surface area contributed by atoms with Gasteiger partial charge in [-0.25, -0.2) is 0 Å². The maximum atomic E-state index is 6.11. The molecule has 0 saturated carbocycles. The van der Waals surface area contributed by atoms with Crippen LogP contribution in [-0.2, 0) is 13.5 Å². The lowest BCUT2D eigenvalue weighted by molar-refractivity contribution is 0.648. The molecule has 0 saturated heterocycles. The lowest BCUT2D eigenvalue weighted by Gasteiger charge is -2.06. The molecule has 2 aromatic heterocycles. The van der Waals surface area contributed by atoms with Crippen LogP contribution in [0.5, 0.6) is 0 Å². The first-order valence-electron chi connectivity index (χ1n) is 5.85. The number of rotatable bonds is 3. The summed E-state index contributed by atoms with van der Waals surface area (Å²) in [5, 5.41) is 8.87. The lowest BCUT2D eigenvalue weighted by Crippen LogP contribution is -2.02. The van der Waals surface area contributed by atoms with Gasteiger partial charge in [-0.05, 0) is 30.2 Å². The van der Waals surface area contributed by atoms with E-state index in [2.05, 4.69) is 36.6 Å². The van der Waals surface area contributed by atoms with Crippen LogP contribution in [0, 0.1) is 12.8 Å². The molecule has 0 spiro atoms. The highest BCUT2D eigenvalue weighted by atomic mass is 32.1. The molecule has 0 aliphatic carbocycles. The lowest BCUT2D eigenvalue weighted by atomic mass is 9.99. The van der Waals surface area contributed by atoms with Gasteiger partial charge in [-0.15, -0.1) is 0 Å². The first-order chi connectivity index (χ1) is 8.00. The van der Waals surface area contributed by atoms with Crippen LogP contribution in [0.4, 0.5) is 5.82 Å². The number of aryl methyl sites for hydroxylation is 2. The first kappa shape index (κ1) is 12.2. The smallest absolute Gasteiger partial charge is 0.125 e. The molecule has 17 heavy (non-hydrogen) atoms. The predicted molar refractivity (Wildman–Crippen MR) is 74.2 cm³/mol. The summed E-state index contributed by atoms with van der Waals surface area (Å²) in [6.45, 7) is 6.53. The SMILES string of the molecule is Cc1cscc1-c1nn(C)c(N)c1CC(C)C. The van der Waals surface area contributed by atoms with Crippen molar-refractivity contribution < 1.29 is 0 Å². The van der Waals surface area contributed by atoms with Crippen molar-refractivity contribution in [3.05, 3.63) is 21.9 Å². The molecule has 0 atom stereocenters. The molecule has 2 rings (SSSR count). The predicted octanol–water partition coefficient (Wildman–Crippen LogP) is 3.24. The van der Waals surface area contributed by atoms with Crippen molar-refractivity contribution in [2.45, 2.75) is 27.2 Å². The van der Waals surface area contributed by atoms with Gasteiger partial charge in [0.15, 0.2) is 0 Å². The molecular weight excluding hydrogens is 230 g/mol.